The normalized spacial score (nSPS) is 14.0. The van der Waals surface area contributed by atoms with Crippen LogP contribution in [0, 0.1) is 0 Å². The molecule has 0 spiro atoms. The molecule has 1 aromatic heterocycles. The van der Waals surface area contributed by atoms with E-state index in [0.717, 1.165) is 48.8 Å². The van der Waals surface area contributed by atoms with E-state index in [-0.39, 0.29) is 5.91 Å². The van der Waals surface area contributed by atoms with Crippen LogP contribution in [0.1, 0.15) is 13.3 Å². The molecule has 1 aliphatic heterocycles. The van der Waals surface area contributed by atoms with Gasteiger partial charge in [0.2, 0.25) is 11.9 Å². The van der Waals surface area contributed by atoms with E-state index < -0.39 is 0 Å². The number of carbonyl (C=O) groups is 1. The third-order valence-corrected chi connectivity index (χ3v) is 5.13. The van der Waals surface area contributed by atoms with Gasteiger partial charge in [0.1, 0.15) is 0 Å². The molecule has 0 atom stereocenters. The van der Waals surface area contributed by atoms with Gasteiger partial charge < -0.3 is 15.1 Å². The quantitative estimate of drug-likeness (QED) is 0.718. The van der Waals surface area contributed by atoms with Gasteiger partial charge in [-0.2, -0.15) is 0 Å². The number of nitrogens with zero attached hydrogens (tertiary/aromatic N) is 4. The second-order valence-electron chi connectivity index (χ2n) is 7.03. The Bertz CT molecular complexity index is 968. The van der Waals surface area contributed by atoms with E-state index in [1.807, 2.05) is 60.4 Å². The highest BCUT2D eigenvalue weighted by molar-refractivity contribution is 5.76. The Morgan fingerprint density at radius 3 is 2.55 bits per heavy atom. The lowest BCUT2D eigenvalue weighted by molar-refractivity contribution is -0.131. The summed E-state index contributed by atoms with van der Waals surface area (Å²) in [6.45, 7) is 5.14. The molecule has 29 heavy (non-hydrogen) atoms. The molecular formula is C23H25N5O. The number of anilines is 3. The van der Waals surface area contributed by atoms with Crippen molar-refractivity contribution in [3.63, 3.8) is 0 Å². The van der Waals surface area contributed by atoms with Gasteiger partial charge in [-0.3, -0.25) is 4.79 Å². The summed E-state index contributed by atoms with van der Waals surface area (Å²) in [6.07, 6.45) is 2.34. The van der Waals surface area contributed by atoms with Crippen molar-refractivity contribution in [3.05, 3.63) is 66.9 Å². The number of hydrogen-bond acceptors (Lipinski definition) is 5. The Hall–Kier alpha value is -3.41. The molecule has 1 saturated heterocycles. The summed E-state index contributed by atoms with van der Waals surface area (Å²) in [6, 6.07) is 20.2. The van der Waals surface area contributed by atoms with Crippen LogP contribution in [0.15, 0.2) is 66.9 Å². The Morgan fingerprint density at radius 2 is 1.79 bits per heavy atom. The number of rotatable bonds is 5. The molecule has 1 fully saturated rings. The van der Waals surface area contributed by atoms with Crippen LogP contribution in [0.25, 0.3) is 11.3 Å². The van der Waals surface area contributed by atoms with Gasteiger partial charge in [-0.15, -0.1) is 0 Å². The summed E-state index contributed by atoms with van der Waals surface area (Å²) in [5, 5.41) is 3.32. The average molecular weight is 387 g/mol. The first-order chi connectivity index (χ1) is 14.2. The third kappa shape index (κ3) is 4.54. The molecule has 0 bridgehead atoms. The van der Waals surface area contributed by atoms with Crippen LogP contribution in [0.4, 0.5) is 17.3 Å². The van der Waals surface area contributed by atoms with E-state index in [4.69, 9.17) is 0 Å². The summed E-state index contributed by atoms with van der Waals surface area (Å²) in [4.78, 5) is 25.1. The van der Waals surface area contributed by atoms with Crippen molar-refractivity contribution in [2.45, 2.75) is 13.3 Å². The Balaban J connectivity index is 1.46. The smallest absolute Gasteiger partial charge is 0.227 e. The topological polar surface area (TPSA) is 61.4 Å². The fourth-order valence-electron chi connectivity index (χ4n) is 3.54. The number of carbonyl (C=O) groups excluding carboxylic acids is 1. The third-order valence-electron chi connectivity index (χ3n) is 5.13. The number of benzene rings is 2. The molecule has 1 amide bonds. The molecule has 0 radical (unpaired) electrons. The average Bonchev–Trinajstić information content (AvgIpc) is 2.79. The Morgan fingerprint density at radius 1 is 1.00 bits per heavy atom. The molecule has 0 aliphatic carbocycles. The molecule has 6 nitrogen and oxygen atoms in total. The van der Waals surface area contributed by atoms with Crippen LogP contribution < -0.4 is 10.2 Å². The van der Waals surface area contributed by atoms with E-state index >= 15 is 0 Å². The van der Waals surface area contributed by atoms with E-state index in [2.05, 4.69) is 32.3 Å². The highest BCUT2D eigenvalue weighted by atomic mass is 16.2. The molecule has 1 aliphatic rings. The van der Waals surface area contributed by atoms with Crippen molar-refractivity contribution in [1.82, 2.24) is 14.9 Å². The van der Waals surface area contributed by atoms with Crippen LogP contribution in [0.5, 0.6) is 0 Å². The molecule has 148 valence electrons. The highest BCUT2D eigenvalue weighted by Crippen LogP contribution is 2.24. The maximum Gasteiger partial charge on any atom is 0.227 e. The molecule has 0 unspecified atom stereocenters. The molecule has 0 saturated carbocycles. The van der Waals surface area contributed by atoms with Gasteiger partial charge in [0.15, 0.2) is 0 Å². The first-order valence-electron chi connectivity index (χ1n) is 10.0. The minimum absolute atomic E-state index is 0.232. The predicted octanol–water partition coefficient (Wildman–Crippen LogP) is 3.95. The van der Waals surface area contributed by atoms with Gasteiger partial charge >= 0.3 is 0 Å². The molecule has 1 N–H and O–H groups in total. The number of amides is 1. The number of nitrogens with one attached hydrogen (secondary N) is 1. The minimum atomic E-state index is 0.232. The lowest BCUT2D eigenvalue weighted by atomic mass is 10.1. The summed E-state index contributed by atoms with van der Waals surface area (Å²) in [5.74, 6) is 0.803. The molecule has 6 heteroatoms. The van der Waals surface area contributed by atoms with Crippen molar-refractivity contribution >= 4 is 23.2 Å². The van der Waals surface area contributed by atoms with E-state index in [0.29, 0.717) is 12.4 Å². The second kappa shape index (κ2) is 8.73. The van der Waals surface area contributed by atoms with Gasteiger partial charge in [-0.05, 0) is 24.3 Å². The fourth-order valence-corrected chi connectivity index (χ4v) is 3.54. The molecule has 2 heterocycles. The van der Waals surface area contributed by atoms with Crippen LogP contribution in [-0.4, -0.2) is 47.0 Å². The Labute approximate surface area is 171 Å². The van der Waals surface area contributed by atoms with E-state index in [1.54, 1.807) is 6.20 Å². The monoisotopic (exact) mass is 387 g/mol. The van der Waals surface area contributed by atoms with Gasteiger partial charge in [-0.1, -0.05) is 43.3 Å². The maximum absolute atomic E-state index is 11.9. The van der Waals surface area contributed by atoms with Crippen molar-refractivity contribution in [3.8, 4) is 11.3 Å². The van der Waals surface area contributed by atoms with E-state index in [1.165, 1.54) is 0 Å². The summed E-state index contributed by atoms with van der Waals surface area (Å²) in [5.41, 5.74) is 4.03. The van der Waals surface area contributed by atoms with Crippen LogP contribution >= 0.6 is 0 Å². The van der Waals surface area contributed by atoms with E-state index in [9.17, 15) is 4.79 Å². The second-order valence-corrected chi connectivity index (χ2v) is 7.03. The molecule has 2 aromatic carbocycles. The minimum Gasteiger partial charge on any atom is -0.368 e. The molecule has 3 aromatic rings. The summed E-state index contributed by atoms with van der Waals surface area (Å²) in [7, 11) is 0. The standard InChI is InChI=1S/C23H25N5O/c1-2-22(29)28-15-13-27(14-16-28)20-10-6-9-19(17-20)25-23-24-12-11-21(26-23)18-7-4-3-5-8-18/h3-12,17H,2,13-16H2,1H3,(H,24,25,26). The van der Waals surface area contributed by atoms with Crippen LogP contribution in [0.3, 0.4) is 0 Å². The van der Waals surface area contributed by atoms with Gasteiger partial charge in [0.25, 0.3) is 0 Å². The number of hydrogen-bond donors (Lipinski definition) is 1. The van der Waals surface area contributed by atoms with Gasteiger partial charge in [0, 0.05) is 55.7 Å². The SMILES string of the molecule is CCC(=O)N1CCN(c2cccc(Nc3nccc(-c4ccccc4)n3)c2)CC1. The zero-order valence-electron chi connectivity index (χ0n) is 16.6. The van der Waals surface area contributed by atoms with Gasteiger partial charge in [0.05, 0.1) is 5.69 Å². The molecular weight excluding hydrogens is 362 g/mol. The van der Waals surface area contributed by atoms with Crippen LogP contribution in [0.2, 0.25) is 0 Å². The largest absolute Gasteiger partial charge is 0.368 e. The Kier molecular flexibility index (Phi) is 5.70. The summed E-state index contributed by atoms with van der Waals surface area (Å²) >= 11 is 0. The summed E-state index contributed by atoms with van der Waals surface area (Å²) < 4.78 is 0. The first-order valence-corrected chi connectivity index (χ1v) is 10.0. The lowest BCUT2D eigenvalue weighted by Gasteiger charge is -2.36. The number of piperazine rings is 1. The van der Waals surface area contributed by atoms with Crippen molar-refractivity contribution in [2.24, 2.45) is 0 Å². The predicted molar refractivity (Wildman–Crippen MR) is 116 cm³/mol. The lowest BCUT2D eigenvalue weighted by Crippen LogP contribution is -2.48. The maximum atomic E-state index is 11.9. The fraction of sp³-hybridized carbons (Fsp3) is 0.261. The van der Waals surface area contributed by atoms with Crippen LogP contribution in [-0.2, 0) is 4.79 Å². The zero-order valence-corrected chi connectivity index (χ0v) is 16.6. The van der Waals surface area contributed by atoms with Crippen molar-refractivity contribution in [2.75, 3.05) is 36.4 Å². The zero-order chi connectivity index (χ0) is 20.1. The molecule has 4 rings (SSSR count). The first kappa shape index (κ1) is 18.9. The van der Waals surface area contributed by atoms with Crippen molar-refractivity contribution in [1.29, 1.82) is 0 Å². The highest BCUT2D eigenvalue weighted by Gasteiger charge is 2.20. The number of aromatic nitrogens is 2. The van der Waals surface area contributed by atoms with Gasteiger partial charge in [-0.25, -0.2) is 9.97 Å². The van der Waals surface area contributed by atoms with Crippen molar-refractivity contribution < 1.29 is 4.79 Å².